The topological polar surface area (TPSA) is 147 Å². The Labute approximate surface area is 189 Å². The molecule has 1 fully saturated rings. The van der Waals surface area contributed by atoms with Crippen LogP contribution in [0.2, 0.25) is 0 Å². The Kier molecular flexibility index (Phi) is 11.5. The van der Waals surface area contributed by atoms with Gasteiger partial charge in [0.05, 0.1) is 22.6 Å². The van der Waals surface area contributed by atoms with Crippen LogP contribution in [0.25, 0.3) is 4.91 Å². The molecule has 1 saturated heterocycles. The number of carbonyl (C=O) groups is 2. The normalized spacial score (nSPS) is 17.8. The summed E-state index contributed by atoms with van der Waals surface area (Å²) in [6, 6.07) is 3.97. The minimum Gasteiger partial charge on any atom is -0.391 e. The molecule has 1 aromatic rings. The van der Waals surface area contributed by atoms with Gasteiger partial charge < -0.3 is 20.6 Å². The summed E-state index contributed by atoms with van der Waals surface area (Å²) in [6.07, 6.45) is 3.49. The highest BCUT2D eigenvalue weighted by molar-refractivity contribution is 8.08. The maximum absolute atomic E-state index is 11.6. The zero-order chi connectivity index (χ0) is 23.4. The molecule has 9 nitrogen and oxygen atoms in total. The molecule has 7 N–H and O–H groups in total. The summed E-state index contributed by atoms with van der Waals surface area (Å²) < 4.78 is 0. The molecule has 2 amide bonds. The summed E-state index contributed by atoms with van der Waals surface area (Å²) in [4.78, 5) is 29.1. The number of aromatic nitrogens is 1. The lowest BCUT2D eigenvalue weighted by Crippen LogP contribution is -2.32. The third-order valence-corrected chi connectivity index (χ3v) is 5.63. The Bertz CT molecular complexity index is 734. The van der Waals surface area contributed by atoms with Gasteiger partial charge in [-0.2, -0.15) is 0 Å². The second-order valence-corrected chi connectivity index (χ2v) is 9.48. The van der Waals surface area contributed by atoms with Crippen LogP contribution in [0, 0.1) is 5.41 Å². The third-order valence-electron chi connectivity index (χ3n) is 4.54. The molecule has 0 saturated carbocycles. The first-order chi connectivity index (χ1) is 14.7. The summed E-state index contributed by atoms with van der Waals surface area (Å²) in [5.41, 5.74) is 3.22. The molecule has 31 heavy (non-hydrogen) atoms. The van der Waals surface area contributed by atoms with Crippen LogP contribution in [0.4, 0.5) is 0 Å². The quantitative estimate of drug-likeness (QED) is 0.254. The zero-order valence-corrected chi connectivity index (χ0v) is 19.7. The number of nitrogens with two attached hydrogens (primary N) is 2. The van der Waals surface area contributed by atoms with E-state index in [4.69, 9.17) is 0 Å². The summed E-state index contributed by atoms with van der Waals surface area (Å²) in [6.45, 7) is 9.98. The van der Waals surface area contributed by atoms with Crippen LogP contribution >= 0.6 is 11.8 Å². The van der Waals surface area contributed by atoms with Crippen LogP contribution in [0.1, 0.15) is 51.8 Å². The van der Waals surface area contributed by atoms with Crippen LogP contribution in [0.15, 0.2) is 24.0 Å². The van der Waals surface area contributed by atoms with E-state index in [2.05, 4.69) is 55.0 Å². The number of rotatable bonds is 5. The predicted octanol–water partition coefficient (Wildman–Crippen LogP) is 1.14. The highest BCUT2D eigenvalue weighted by atomic mass is 32.2. The number of nitrogens with one attached hydrogen (secondary N) is 2. The van der Waals surface area contributed by atoms with Gasteiger partial charge in [-0.1, -0.05) is 26.8 Å². The van der Waals surface area contributed by atoms with Crippen molar-refractivity contribution in [3.8, 4) is 0 Å². The largest absolute Gasteiger partial charge is 0.391 e. The van der Waals surface area contributed by atoms with Crippen molar-refractivity contribution in [3.05, 3.63) is 35.3 Å². The van der Waals surface area contributed by atoms with Gasteiger partial charge in [0.1, 0.15) is 0 Å². The van der Waals surface area contributed by atoms with E-state index in [0.717, 1.165) is 30.1 Å². The molecule has 0 aromatic carbocycles. The second-order valence-electron chi connectivity index (χ2n) is 8.49. The van der Waals surface area contributed by atoms with Crippen molar-refractivity contribution in [2.45, 2.75) is 53.2 Å². The second kappa shape index (κ2) is 13.3. The van der Waals surface area contributed by atoms with Gasteiger partial charge in [0.25, 0.3) is 0 Å². The first kappa shape index (κ1) is 26.9. The fourth-order valence-electron chi connectivity index (χ4n) is 3.03. The van der Waals surface area contributed by atoms with Crippen LogP contribution < -0.4 is 22.3 Å². The Morgan fingerprint density at radius 1 is 1.42 bits per heavy atom. The molecule has 3 heterocycles. The van der Waals surface area contributed by atoms with Gasteiger partial charge in [0, 0.05) is 37.9 Å². The summed E-state index contributed by atoms with van der Waals surface area (Å²) in [7, 11) is 0. The van der Waals surface area contributed by atoms with Crippen LogP contribution in [0.5, 0.6) is 0 Å². The van der Waals surface area contributed by atoms with Crippen molar-refractivity contribution in [1.82, 2.24) is 20.5 Å². The predicted molar refractivity (Wildman–Crippen MR) is 125 cm³/mol. The molecule has 0 radical (unpaired) electrons. The van der Waals surface area contributed by atoms with E-state index in [1.54, 1.807) is 22.9 Å². The molecule has 1 atom stereocenters. The van der Waals surface area contributed by atoms with Crippen LogP contribution in [0.3, 0.4) is 0 Å². The van der Waals surface area contributed by atoms with Crippen molar-refractivity contribution in [3.63, 3.8) is 0 Å². The number of aliphatic hydroxyl groups excluding tert-OH is 1. The number of hydrogen-bond acceptors (Lipinski definition) is 8. The molecular formula is C21H36N6O3S. The van der Waals surface area contributed by atoms with E-state index in [0.29, 0.717) is 25.9 Å². The molecule has 3 rings (SSSR count). The number of allylic oxidation sites excluding steroid dienone is 1. The molecule has 0 spiro atoms. The van der Waals surface area contributed by atoms with E-state index in [-0.39, 0.29) is 17.4 Å². The van der Waals surface area contributed by atoms with Gasteiger partial charge in [-0.15, -0.1) is 11.8 Å². The SMILES string of the molecule is CC(C)(C)CC(=O)N1CCC(O)C1.CC1=C(c2ccc(CNC=O)cn2)SCN1.NN. The van der Waals surface area contributed by atoms with E-state index in [1.165, 1.54) is 10.6 Å². The maximum Gasteiger partial charge on any atom is 0.223 e. The number of β-amino-alcohol motifs (C(OH)–C–C–N with tert-alkyl or cyclic N) is 1. The van der Waals surface area contributed by atoms with Gasteiger partial charge >= 0.3 is 0 Å². The number of hydrogen-bond donors (Lipinski definition) is 5. The Balaban J connectivity index is 0.000000293. The molecule has 10 heteroatoms. The van der Waals surface area contributed by atoms with E-state index in [1.807, 2.05) is 12.1 Å². The number of pyridine rings is 1. The summed E-state index contributed by atoms with van der Waals surface area (Å²) in [5, 5.41) is 15.1. The standard InChI is InChI=1S/C11H13N3OS.C10H19NO2.H4N2/c1-8-11(16-7-14-8)10-3-2-9(5-13-10)4-12-6-15;1-10(2,3)6-9(13)11-5-4-8(12)7-11;1-2/h2-3,5-6,14H,4,7H2,1H3,(H,12,15);8,12H,4-7H2,1-3H3;1-2H2. The molecular weight excluding hydrogens is 416 g/mol. The number of amides is 2. The van der Waals surface area contributed by atoms with Gasteiger partial charge in [0.2, 0.25) is 12.3 Å². The number of likely N-dealkylation sites (tertiary alicyclic amines) is 1. The van der Waals surface area contributed by atoms with Gasteiger partial charge in [-0.05, 0) is 30.4 Å². The fourth-order valence-corrected chi connectivity index (χ4v) is 4.02. The minimum absolute atomic E-state index is 0.0463. The van der Waals surface area contributed by atoms with E-state index < -0.39 is 0 Å². The molecule has 1 aromatic heterocycles. The number of hydrazine groups is 1. The number of thioether (sulfide) groups is 1. The number of aliphatic hydroxyl groups is 1. The lowest BCUT2D eigenvalue weighted by molar-refractivity contribution is -0.132. The van der Waals surface area contributed by atoms with Gasteiger partial charge in [-0.3, -0.25) is 26.3 Å². The van der Waals surface area contributed by atoms with Gasteiger partial charge in [-0.25, -0.2) is 0 Å². The van der Waals surface area contributed by atoms with Crippen molar-refractivity contribution >= 4 is 29.0 Å². The van der Waals surface area contributed by atoms with Crippen molar-refractivity contribution in [1.29, 1.82) is 0 Å². The van der Waals surface area contributed by atoms with Crippen molar-refractivity contribution in [2.75, 3.05) is 19.0 Å². The third kappa shape index (κ3) is 9.69. The van der Waals surface area contributed by atoms with E-state index in [9.17, 15) is 14.7 Å². The minimum atomic E-state index is -0.302. The Morgan fingerprint density at radius 2 is 2.13 bits per heavy atom. The molecule has 174 valence electrons. The number of carbonyl (C=O) groups excluding carboxylic acids is 2. The monoisotopic (exact) mass is 452 g/mol. The summed E-state index contributed by atoms with van der Waals surface area (Å²) in [5.74, 6) is 9.08. The zero-order valence-electron chi connectivity index (χ0n) is 18.9. The van der Waals surface area contributed by atoms with Crippen LogP contribution in [-0.2, 0) is 16.1 Å². The maximum atomic E-state index is 11.6. The lowest BCUT2D eigenvalue weighted by Gasteiger charge is -2.22. The average Bonchev–Trinajstić information content (AvgIpc) is 3.36. The first-order valence-corrected chi connectivity index (χ1v) is 11.2. The number of nitrogens with zero attached hydrogens (tertiary/aromatic N) is 2. The molecule has 2 aliphatic heterocycles. The van der Waals surface area contributed by atoms with Crippen molar-refractivity contribution < 1.29 is 14.7 Å². The average molecular weight is 453 g/mol. The Morgan fingerprint density at radius 3 is 2.58 bits per heavy atom. The molecule has 1 unspecified atom stereocenters. The highest BCUT2D eigenvalue weighted by Crippen LogP contribution is 2.32. The first-order valence-electron chi connectivity index (χ1n) is 10.2. The molecule has 0 bridgehead atoms. The molecule has 2 aliphatic rings. The Hall–Kier alpha value is -2.14. The van der Waals surface area contributed by atoms with Crippen LogP contribution in [-0.4, -0.2) is 52.4 Å². The smallest absolute Gasteiger partial charge is 0.223 e. The fraction of sp³-hybridized carbons (Fsp3) is 0.571. The summed E-state index contributed by atoms with van der Waals surface area (Å²) >= 11 is 1.76. The van der Waals surface area contributed by atoms with Gasteiger partial charge in [0.15, 0.2) is 0 Å². The lowest BCUT2D eigenvalue weighted by atomic mass is 9.92. The van der Waals surface area contributed by atoms with Crippen molar-refractivity contribution in [2.24, 2.45) is 17.1 Å². The highest BCUT2D eigenvalue weighted by Gasteiger charge is 2.27. The van der Waals surface area contributed by atoms with E-state index >= 15 is 0 Å². The molecule has 0 aliphatic carbocycles.